The van der Waals surface area contributed by atoms with Gasteiger partial charge in [-0.3, -0.25) is 4.79 Å². The van der Waals surface area contributed by atoms with Crippen LogP contribution in [0.2, 0.25) is 0 Å². The van der Waals surface area contributed by atoms with E-state index in [0.717, 1.165) is 29.7 Å². The molecule has 86 valence electrons. The average Bonchev–Trinajstić information content (AvgIpc) is 2.75. The molecule has 1 fully saturated rings. The summed E-state index contributed by atoms with van der Waals surface area (Å²) in [5.74, 6) is 0.211. The van der Waals surface area contributed by atoms with E-state index in [1.807, 2.05) is 25.1 Å². The van der Waals surface area contributed by atoms with Gasteiger partial charge in [-0.1, -0.05) is 6.07 Å². The zero-order valence-electron chi connectivity index (χ0n) is 9.22. The number of hydrogen-bond acceptors (Lipinski definition) is 2. The Bertz CT molecular complexity index is 400. The van der Waals surface area contributed by atoms with Gasteiger partial charge in [0.25, 0.3) is 0 Å². The summed E-state index contributed by atoms with van der Waals surface area (Å²) in [5, 5.41) is 6.14. The van der Waals surface area contributed by atoms with Crippen LogP contribution >= 0.6 is 15.9 Å². The van der Waals surface area contributed by atoms with Gasteiger partial charge in [-0.05, 0) is 53.5 Å². The Morgan fingerprint density at radius 1 is 1.56 bits per heavy atom. The molecular weight excluding hydrogens is 268 g/mol. The molecule has 2 rings (SSSR count). The first-order valence-corrected chi connectivity index (χ1v) is 6.24. The molecule has 2 N–H and O–H groups in total. The zero-order valence-corrected chi connectivity index (χ0v) is 10.8. The third-order valence-electron chi connectivity index (χ3n) is 2.81. The summed E-state index contributed by atoms with van der Waals surface area (Å²) in [6.45, 7) is 3.75. The van der Waals surface area contributed by atoms with E-state index in [4.69, 9.17) is 0 Å². The fourth-order valence-corrected chi connectivity index (χ4v) is 2.43. The molecule has 1 atom stereocenters. The Morgan fingerprint density at radius 3 is 3.00 bits per heavy atom. The van der Waals surface area contributed by atoms with Crippen molar-refractivity contribution in [1.82, 2.24) is 5.32 Å². The Morgan fingerprint density at radius 2 is 2.38 bits per heavy atom. The van der Waals surface area contributed by atoms with Gasteiger partial charge < -0.3 is 10.6 Å². The van der Waals surface area contributed by atoms with E-state index < -0.39 is 0 Å². The lowest BCUT2D eigenvalue weighted by molar-refractivity contribution is -0.119. The minimum absolute atomic E-state index is 0.105. The number of benzene rings is 1. The third kappa shape index (κ3) is 2.62. The van der Waals surface area contributed by atoms with Crippen molar-refractivity contribution in [3.05, 3.63) is 28.2 Å². The van der Waals surface area contributed by atoms with Gasteiger partial charge in [0.05, 0.1) is 11.6 Å². The van der Waals surface area contributed by atoms with E-state index in [9.17, 15) is 4.79 Å². The predicted octanol–water partition coefficient (Wildman–Crippen LogP) is 2.31. The molecular formula is C12H15BrN2O. The van der Waals surface area contributed by atoms with Gasteiger partial charge in [0.15, 0.2) is 0 Å². The maximum Gasteiger partial charge on any atom is 0.228 e. The molecule has 0 aliphatic carbocycles. The lowest BCUT2D eigenvalue weighted by Gasteiger charge is -2.11. The van der Waals surface area contributed by atoms with Crippen LogP contribution in [0.3, 0.4) is 0 Å². The van der Waals surface area contributed by atoms with Gasteiger partial charge in [0.2, 0.25) is 5.91 Å². The van der Waals surface area contributed by atoms with Crippen molar-refractivity contribution in [2.45, 2.75) is 13.3 Å². The largest absolute Gasteiger partial charge is 0.325 e. The van der Waals surface area contributed by atoms with Crippen molar-refractivity contribution in [1.29, 1.82) is 0 Å². The molecule has 1 amide bonds. The summed E-state index contributed by atoms with van der Waals surface area (Å²) in [4.78, 5) is 11.9. The number of amides is 1. The van der Waals surface area contributed by atoms with Crippen LogP contribution < -0.4 is 10.6 Å². The molecule has 1 heterocycles. The van der Waals surface area contributed by atoms with Crippen molar-refractivity contribution >= 4 is 27.5 Å². The highest BCUT2D eigenvalue weighted by Crippen LogP contribution is 2.24. The summed E-state index contributed by atoms with van der Waals surface area (Å²) >= 11 is 3.45. The van der Waals surface area contributed by atoms with Crippen LogP contribution in [0, 0.1) is 12.8 Å². The highest BCUT2D eigenvalue weighted by atomic mass is 79.9. The fourth-order valence-electron chi connectivity index (χ4n) is 1.83. The van der Waals surface area contributed by atoms with Crippen molar-refractivity contribution < 1.29 is 4.79 Å². The highest BCUT2D eigenvalue weighted by Gasteiger charge is 2.22. The second-order valence-corrected chi connectivity index (χ2v) is 5.02. The number of rotatable bonds is 2. The molecule has 1 unspecified atom stereocenters. The van der Waals surface area contributed by atoms with E-state index in [-0.39, 0.29) is 11.8 Å². The van der Waals surface area contributed by atoms with Crippen LogP contribution in [0.5, 0.6) is 0 Å². The van der Waals surface area contributed by atoms with E-state index in [1.54, 1.807) is 0 Å². The molecule has 0 spiro atoms. The standard InChI is InChI=1S/C12H15BrN2O/c1-8-2-3-11(10(13)6-8)15-12(16)9-4-5-14-7-9/h2-3,6,9,14H,4-5,7H2,1H3,(H,15,16). The molecule has 1 aromatic rings. The summed E-state index contributed by atoms with van der Waals surface area (Å²) in [5.41, 5.74) is 2.02. The van der Waals surface area contributed by atoms with Gasteiger partial charge in [0, 0.05) is 11.0 Å². The summed E-state index contributed by atoms with van der Waals surface area (Å²) < 4.78 is 0.937. The van der Waals surface area contributed by atoms with E-state index in [1.165, 1.54) is 5.56 Å². The molecule has 4 heteroatoms. The Labute approximate surface area is 104 Å². The summed E-state index contributed by atoms with van der Waals surface area (Å²) in [7, 11) is 0. The quantitative estimate of drug-likeness (QED) is 0.874. The maximum atomic E-state index is 11.9. The van der Waals surface area contributed by atoms with Gasteiger partial charge in [0.1, 0.15) is 0 Å². The number of halogens is 1. The molecule has 16 heavy (non-hydrogen) atoms. The Kier molecular flexibility index (Phi) is 3.61. The molecule has 0 aromatic heterocycles. The minimum Gasteiger partial charge on any atom is -0.325 e. The zero-order chi connectivity index (χ0) is 11.5. The molecule has 0 radical (unpaired) electrons. The molecule has 0 saturated carbocycles. The normalized spacial score (nSPS) is 19.8. The highest BCUT2D eigenvalue weighted by molar-refractivity contribution is 9.10. The van der Waals surface area contributed by atoms with Gasteiger partial charge in [-0.25, -0.2) is 0 Å². The molecule has 1 aromatic carbocycles. The van der Waals surface area contributed by atoms with Gasteiger partial charge in [-0.2, -0.15) is 0 Å². The van der Waals surface area contributed by atoms with E-state index >= 15 is 0 Å². The number of carbonyl (C=O) groups excluding carboxylic acids is 1. The van der Waals surface area contributed by atoms with Crippen LogP contribution in [0.1, 0.15) is 12.0 Å². The SMILES string of the molecule is Cc1ccc(NC(=O)C2CCNC2)c(Br)c1. The maximum absolute atomic E-state index is 11.9. The lowest BCUT2D eigenvalue weighted by Crippen LogP contribution is -2.24. The van der Waals surface area contributed by atoms with Crippen molar-refractivity contribution in [2.75, 3.05) is 18.4 Å². The van der Waals surface area contributed by atoms with E-state index in [0.29, 0.717) is 0 Å². The smallest absolute Gasteiger partial charge is 0.228 e. The molecule has 1 aliphatic rings. The van der Waals surface area contributed by atoms with Crippen LogP contribution in [0.25, 0.3) is 0 Å². The minimum atomic E-state index is 0.105. The predicted molar refractivity (Wildman–Crippen MR) is 68.5 cm³/mol. The van der Waals surface area contributed by atoms with Crippen LogP contribution in [0.15, 0.2) is 22.7 Å². The van der Waals surface area contributed by atoms with Crippen LogP contribution in [-0.4, -0.2) is 19.0 Å². The second kappa shape index (κ2) is 4.97. The molecule has 3 nitrogen and oxygen atoms in total. The third-order valence-corrected chi connectivity index (χ3v) is 3.47. The first-order valence-electron chi connectivity index (χ1n) is 5.44. The fraction of sp³-hybridized carbons (Fsp3) is 0.417. The van der Waals surface area contributed by atoms with Crippen molar-refractivity contribution in [3.63, 3.8) is 0 Å². The second-order valence-electron chi connectivity index (χ2n) is 4.16. The van der Waals surface area contributed by atoms with Crippen molar-refractivity contribution in [3.8, 4) is 0 Å². The Balaban J connectivity index is 2.05. The first kappa shape index (κ1) is 11.6. The van der Waals surface area contributed by atoms with Crippen LogP contribution in [0.4, 0.5) is 5.69 Å². The number of aryl methyl sites for hydroxylation is 1. The first-order chi connectivity index (χ1) is 7.66. The molecule has 0 bridgehead atoms. The summed E-state index contributed by atoms with van der Waals surface area (Å²) in [6, 6.07) is 5.93. The monoisotopic (exact) mass is 282 g/mol. The molecule has 1 saturated heterocycles. The number of carbonyl (C=O) groups is 1. The lowest BCUT2D eigenvalue weighted by atomic mass is 10.1. The van der Waals surface area contributed by atoms with Crippen LogP contribution in [-0.2, 0) is 4.79 Å². The van der Waals surface area contributed by atoms with E-state index in [2.05, 4.69) is 26.6 Å². The van der Waals surface area contributed by atoms with Crippen molar-refractivity contribution in [2.24, 2.45) is 5.92 Å². The number of hydrogen-bond donors (Lipinski definition) is 2. The average molecular weight is 283 g/mol. The van der Waals surface area contributed by atoms with Gasteiger partial charge >= 0.3 is 0 Å². The van der Waals surface area contributed by atoms with Gasteiger partial charge in [-0.15, -0.1) is 0 Å². The molecule has 1 aliphatic heterocycles. The summed E-state index contributed by atoms with van der Waals surface area (Å²) in [6.07, 6.45) is 0.926. The topological polar surface area (TPSA) is 41.1 Å². The number of anilines is 1. The number of nitrogens with one attached hydrogen (secondary N) is 2. The Hall–Kier alpha value is -0.870.